The van der Waals surface area contributed by atoms with Crippen LogP contribution in [0.3, 0.4) is 0 Å². The number of aromatic nitrogens is 2. The van der Waals surface area contributed by atoms with E-state index in [0.29, 0.717) is 129 Å². The fourth-order valence-electron chi connectivity index (χ4n) is 9.85. The van der Waals surface area contributed by atoms with Gasteiger partial charge in [0.1, 0.15) is 22.3 Å². The molecule has 480 valence electrons. The topological polar surface area (TPSA) is 278 Å². The van der Waals surface area contributed by atoms with Crippen molar-refractivity contribution in [2.45, 2.75) is 89.9 Å². The van der Waals surface area contributed by atoms with Gasteiger partial charge in [-0.2, -0.15) is 0 Å². The third-order valence-corrected chi connectivity index (χ3v) is 15.7. The number of anilines is 4. The van der Waals surface area contributed by atoms with Crippen molar-refractivity contribution in [3.8, 4) is 46.0 Å². The second-order valence-electron chi connectivity index (χ2n) is 21.9. The number of pyridine rings is 2. The van der Waals surface area contributed by atoms with E-state index in [0.717, 1.165) is 50.7 Å². The number of carboxylic acids is 2. The Morgan fingerprint density at radius 2 is 0.817 bits per heavy atom. The van der Waals surface area contributed by atoms with Crippen LogP contribution in [0, 0.1) is 22.5 Å². The number of fused-ring (bicyclic) bond motifs is 2. The summed E-state index contributed by atoms with van der Waals surface area (Å²) in [6.07, 6.45) is 10.4. The van der Waals surface area contributed by atoms with Crippen LogP contribution in [-0.4, -0.2) is 96.0 Å². The molecule has 6 aromatic carbocycles. The normalized spacial score (nSPS) is 13.0. The first-order valence-corrected chi connectivity index (χ1v) is 30.4. The second-order valence-corrected chi connectivity index (χ2v) is 22.8. The summed E-state index contributed by atoms with van der Waals surface area (Å²) in [5, 5.41) is 33.9. The average Bonchev–Trinajstić information content (AvgIpc) is 1.44. The van der Waals surface area contributed by atoms with Gasteiger partial charge in [-0.3, -0.25) is 29.1 Å². The van der Waals surface area contributed by atoms with Crippen molar-refractivity contribution in [2.24, 2.45) is 10.8 Å². The van der Waals surface area contributed by atoms with Crippen molar-refractivity contribution in [2.75, 3.05) is 48.7 Å². The molecule has 2 fully saturated rings. The Kier molecular flexibility index (Phi) is 24.4. The summed E-state index contributed by atoms with van der Waals surface area (Å²) in [5.74, 6) is -3.15. The Hall–Kier alpha value is -9.03. The molecule has 2 heterocycles. The number of halogens is 4. The van der Waals surface area contributed by atoms with Gasteiger partial charge in [0.15, 0.2) is 46.1 Å². The van der Waals surface area contributed by atoms with Crippen molar-refractivity contribution in [1.29, 1.82) is 0 Å². The number of carbonyl (C=O) groups is 6. The number of amides is 4. The maximum atomic E-state index is 15.2. The van der Waals surface area contributed by atoms with Crippen molar-refractivity contribution >= 4 is 126 Å². The van der Waals surface area contributed by atoms with Gasteiger partial charge in [0.25, 0.3) is 0 Å². The maximum absolute atomic E-state index is 15.2. The minimum Gasteiger partial charge on any atom is -0.550 e. The van der Waals surface area contributed by atoms with E-state index in [4.69, 9.17) is 51.6 Å². The van der Waals surface area contributed by atoms with Gasteiger partial charge in [-0.25, -0.2) is 8.78 Å². The Morgan fingerprint density at radius 1 is 0.452 bits per heavy atom. The number of benzene rings is 6. The van der Waals surface area contributed by atoms with E-state index in [2.05, 4.69) is 31.2 Å². The Bertz CT molecular complexity index is 3790. The Morgan fingerprint density at radius 3 is 1.15 bits per heavy atom. The molecule has 20 nitrogen and oxygen atoms in total. The molecule has 0 bridgehead atoms. The summed E-state index contributed by atoms with van der Waals surface area (Å²) >= 11 is 12.0. The average molecular weight is 1320 g/mol. The van der Waals surface area contributed by atoms with Crippen molar-refractivity contribution in [3.63, 3.8) is 0 Å². The molecule has 2 aliphatic carbocycles. The molecular weight excluding hydrogens is 1260 g/mol. The molecule has 0 spiro atoms. The van der Waals surface area contributed by atoms with Gasteiger partial charge >= 0.3 is 23.1 Å². The molecule has 93 heavy (non-hydrogen) atoms. The van der Waals surface area contributed by atoms with E-state index in [1.165, 1.54) is 50.9 Å². The smallest absolute Gasteiger partial charge is 0.550 e. The molecule has 4 amide bonds. The SMILES string of the molecule is COc1cc2c(Oc3ccc(NC(=O)C4(C(=O)Nc5cccc(Cl)c5)CC4)cc3F)ccnc2cc1OCCCCCCC(=O)[O-].COc1cc2c(Oc3ccc(NC(=O)C4(C(=O)Nc5cccc(Cl)c5)CC4)cc3F)ccnc2cc1OCCCCCCC(=O)[O-].[Mg+2]. The number of hydrogen-bond donors (Lipinski definition) is 4. The van der Waals surface area contributed by atoms with E-state index in [1.807, 2.05) is 0 Å². The molecule has 0 saturated heterocycles. The zero-order chi connectivity index (χ0) is 65.4. The van der Waals surface area contributed by atoms with E-state index in [1.54, 1.807) is 84.9 Å². The van der Waals surface area contributed by atoms with Gasteiger partial charge in [0.05, 0.1) is 38.5 Å². The zero-order valence-corrected chi connectivity index (χ0v) is 53.8. The minimum atomic E-state index is -1.24. The van der Waals surface area contributed by atoms with Crippen LogP contribution < -0.4 is 59.9 Å². The van der Waals surface area contributed by atoms with Crippen LogP contribution in [0.2, 0.25) is 10.0 Å². The summed E-state index contributed by atoms with van der Waals surface area (Å²) in [5.41, 5.74) is -0.0910. The first-order chi connectivity index (χ1) is 44.4. The molecule has 8 aromatic rings. The number of carbonyl (C=O) groups excluding carboxylic acids is 6. The number of carboxylic acid groups (broad SMARTS) is 2. The van der Waals surface area contributed by atoms with E-state index >= 15 is 8.78 Å². The largest absolute Gasteiger partial charge is 2.00 e. The summed E-state index contributed by atoms with van der Waals surface area (Å²) < 4.78 is 65.1. The van der Waals surface area contributed by atoms with Crippen LogP contribution in [-0.2, 0) is 28.8 Å². The predicted molar refractivity (Wildman–Crippen MR) is 343 cm³/mol. The number of nitrogens with one attached hydrogen (secondary N) is 4. The van der Waals surface area contributed by atoms with Crippen molar-refractivity contribution in [1.82, 2.24) is 9.97 Å². The predicted octanol–water partition coefficient (Wildman–Crippen LogP) is 12.1. The number of nitrogens with zero attached hydrogens (tertiary/aromatic N) is 2. The van der Waals surface area contributed by atoms with Crippen LogP contribution >= 0.6 is 23.2 Å². The molecule has 2 aromatic heterocycles. The van der Waals surface area contributed by atoms with Crippen LogP contribution in [0.25, 0.3) is 21.8 Å². The number of ether oxygens (including phenoxy) is 6. The molecule has 0 unspecified atom stereocenters. The molecule has 4 N–H and O–H groups in total. The number of hydrogen-bond acceptors (Lipinski definition) is 16. The third kappa shape index (κ3) is 18.6. The van der Waals surface area contributed by atoms with Gasteiger partial charge in [0, 0.05) is 92.2 Å². The monoisotopic (exact) mass is 1320 g/mol. The van der Waals surface area contributed by atoms with E-state index in [9.17, 15) is 39.0 Å². The number of methoxy groups -OCH3 is 2. The van der Waals surface area contributed by atoms with Crippen LogP contribution in [0.15, 0.2) is 134 Å². The fraction of sp³-hybridized carbons (Fsp3) is 0.294. The third-order valence-electron chi connectivity index (χ3n) is 15.3. The number of rotatable bonds is 30. The summed E-state index contributed by atoms with van der Waals surface area (Å²) in [6.45, 7) is 0.816. The van der Waals surface area contributed by atoms with E-state index < -0.39 is 58.0 Å². The molecule has 0 atom stereocenters. The van der Waals surface area contributed by atoms with Crippen LogP contribution in [0.5, 0.6) is 46.0 Å². The summed E-state index contributed by atoms with van der Waals surface area (Å²) in [6, 6.07) is 31.3. The molecule has 0 aliphatic heterocycles. The Balaban J connectivity index is 0.000000236. The molecular formula is C68H64Cl2F2MgN6O14. The number of aliphatic carboxylic acids is 2. The number of unbranched alkanes of at least 4 members (excludes halogenated alkanes) is 6. The van der Waals surface area contributed by atoms with Gasteiger partial charge in [0.2, 0.25) is 23.6 Å². The van der Waals surface area contributed by atoms with Gasteiger partial charge in [-0.15, -0.1) is 0 Å². The molecule has 2 aliphatic rings. The van der Waals surface area contributed by atoms with E-state index in [-0.39, 0.29) is 58.8 Å². The standard InChI is InChI=1S/2C34H33ClFN3O7.Mg/c2*1-44-29-19-24-26(20-30(29)45-16-5-3-2-4-9-31(40)41)37-15-12-27(24)46-28-11-10-23(18-25(28)36)39-33(43)34(13-14-34)32(42)38-22-8-6-7-21(35)17-22;/h2*6-8,10-12,15,17-20H,2-5,9,13-14,16H2,1H3,(H,38,42)(H,39,43)(H,40,41);/q;;+2/p-2. The summed E-state index contributed by atoms with van der Waals surface area (Å²) in [7, 11) is 3.01. The van der Waals surface area contributed by atoms with Gasteiger partial charge < -0.3 is 69.5 Å². The molecule has 25 heteroatoms. The van der Waals surface area contributed by atoms with Gasteiger partial charge in [-0.1, -0.05) is 61.0 Å². The quantitative estimate of drug-likeness (QED) is 0.0185. The van der Waals surface area contributed by atoms with Crippen molar-refractivity contribution in [3.05, 3.63) is 155 Å². The van der Waals surface area contributed by atoms with Crippen LogP contribution in [0.1, 0.15) is 89.9 Å². The first-order valence-electron chi connectivity index (χ1n) is 29.7. The van der Waals surface area contributed by atoms with Crippen molar-refractivity contribution < 1.29 is 76.2 Å². The fourth-order valence-corrected chi connectivity index (χ4v) is 10.2. The summed E-state index contributed by atoms with van der Waals surface area (Å²) in [4.78, 5) is 81.8. The maximum Gasteiger partial charge on any atom is 2.00 e. The van der Waals surface area contributed by atoms with Crippen LogP contribution in [0.4, 0.5) is 31.5 Å². The Labute approximate surface area is 560 Å². The second kappa shape index (κ2) is 32.5. The van der Waals surface area contributed by atoms with Gasteiger partial charge in [-0.05, 0) is 149 Å². The molecule has 0 radical (unpaired) electrons. The molecule has 10 rings (SSSR count). The minimum absolute atomic E-state index is 0. The molecule has 2 saturated carbocycles. The zero-order valence-electron chi connectivity index (χ0n) is 50.8. The first kappa shape index (κ1) is 69.8.